The van der Waals surface area contributed by atoms with Gasteiger partial charge in [-0.25, -0.2) is 0 Å². The summed E-state index contributed by atoms with van der Waals surface area (Å²) in [6.45, 7) is 8.26. The number of aryl methyl sites for hydroxylation is 1. The van der Waals surface area contributed by atoms with Crippen molar-refractivity contribution in [2.24, 2.45) is 0 Å². The smallest absolute Gasteiger partial charge is 0.279 e. The van der Waals surface area contributed by atoms with E-state index in [2.05, 4.69) is 42.7 Å². The van der Waals surface area contributed by atoms with Crippen LogP contribution in [0.5, 0.6) is 0 Å². The first-order chi connectivity index (χ1) is 13.3. The molecule has 3 aliphatic rings. The Bertz CT molecular complexity index is 1100. The molecule has 0 aliphatic carbocycles. The second-order valence-corrected chi connectivity index (χ2v) is 8.39. The zero-order chi connectivity index (χ0) is 19.8. The number of para-hydroxylation sites is 1. The number of benzene rings is 2. The van der Waals surface area contributed by atoms with E-state index in [1.807, 2.05) is 36.9 Å². The Morgan fingerprint density at radius 3 is 2.54 bits per heavy atom. The summed E-state index contributed by atoms with van der Waals surface area (Å²) in [5.74, 6) is -0.380. The number of allylic oxidation sites excluding steroid dienone is 1. The molecule has 5 rings (SSSR count). The molecule has 0 radical (unpaired) electrons. The first-order valence-corrected chi connectivity index (χ1v) is 9.70. The number of amides is 2. The van der Waals surface area contributed by atoms with Gasteiger partial charge in [0, 0.05) is 16.8 Å². The highest BCUT2D eigenvalue weighted by Gasteiger charge is 2.59. The average molecular weight is 373 g/mol. The predicted molar refractivity (Wildman–Crippen MR) is 110 cm³/mol. The van der Waals surface area contributed by atoms with Crippen LogP contribution >= 0.6 is 0 Å². The van der Waals surface area contributed by atoms with E-state index in [9.17, 15) is 9.59 Å². The van der Waals surface area contributed by atoms with Gasteiger partial charge in [0.1, 0.15) is 0 Å². The molecule has 2 amide bonds. The molecule has 142 valence electrons. The Balaban J connectivity index is 1.82. The molecule has 2 aromatic carbocycles. The van der Waals surface area contributed by atoms with Crippen LogP contribution in [0.1, 0.15) is 54.7 Å². The number of carbonyl (C=O) groups is 2. The van der Waals surface area contributed by atoms with E-state index in [-0.39, 0.29) is 11.8 Å². The zero-order valence-electron chi connectivity index (χ0n) is 16.5. The first kappa shape index (κ1) is 17.0. The van der Waals surface area contributed by atoms with Crippen LogP contribution in [-0.2, 0) is 16.9 Å². The number of fused-ring (bicyclic) bond motifs is 2. The Kier molecular flexibility index (Phi) is 3.20. The molecule has 5 heteroatoms. The molecule has 2 aromatic rings. The van der Waals surface area contributed by atoms with E-state index in [1.165, 1.54) is 0 Å². The van der Waals surface area contributed by atoms with Crippen molar-refractivity contribution < 1.29 is 9.59 Å². The summed E-state index contributed by atoms with van der Waals surface area (Å²) in [5.41, 5.74) is 4.56. The van der Waals surface area contributed by atoms with Crippen LogP contribution < -0.4 is 15.5 Å². The van der Waals surface area contributed by atoms with Gasteiger partial charge < -0.3 is 10.6 Å². The second-order valence-electron chi connectivity index (χ2n) is 8.39. The molecule has 0 fully saturated rings. The lowest BCUT2D eigenvalue weighted by molar-refractivity contribution is -0.123. The molecule has 0 saturated heterocycles. The van der Waals surface area contributed by atoms with Crippen molar-refractivity contribution in [1.29, 1.82) is 0 Å². The minimum Gasteiger partial charge on any atom is -0.350 e. The van der Waals surface area contributed by atoms with Gasteiger partial charge in [-0.2, -0.15) is 0 Å². The molecule has 1 spiro atoms. The van der Waals surface area contributed by atoms with Crippen molar-refractivity contribution in [2.75, 3.05) is 10.2 Å². The number of nitrogens with one attached hydrogen (secondary N) is 2. The van der Waals surface area contributed by atoms with E-state index < -0.39 is 11.2 Å². The maximum atomic E-state index is 13.9. The van der Waals surface area contributed by atoms with Gasteiger partial charge in [0.05, 0.1) is 16.8 Å². The highest BCUT2D eigenvalue weighted by atomic mass is 16.2. The molecular formula is C23H23N3O2. The van der Waals surface area contributed by atoms with Gasteiger partial charge in [-0.1, -0.05) is 25.1 Å². The van der Waals surface area contributed by atoms with Crippen LogP contribution in [0, 0.1) is 0 Å². The summed E-state index contributed by atoms with van der Waals surface area (Å²) in [6.07, 6.45) is 2.99. The van der Waals surface area contributed by atoms with Crippen LogP contribution in [0.2, 0.25) is 0 Å². The normalized spacial score (nSPS) is 23.7. The Morgan fingerprint density at radius 2 is 1.79 bits per heavy atom. The third-order valence-electron chi connectivity index (χ3n) is 6.10. The molecule has 5 nitrogen and oxygen atoms in total. The highest BCUT2D eigenvalue weighted by molar-refractivity contribution is 6.18. The van der Waals surface area contributed by atoms with E-state index >= 15 is 0 Å². The summed E-state index contributed by atoms with van der Waals surface area (Å²) in [7, 11) is 0. The second kappa shape index (κ2) is 5.25. The number of hydrogen-bond acceptors (Lipinski definition) is 3. The van der Waals surface area contributed by atoms with Gasteiger partial charge in [0.2, 0.25) is 5.66 Å². The number of carbonyl (C=O) groups excluding carboxylic acids is 2. The third kappa shape index (κ3) is 1.96. The van der Waals surface area contributed by atoms with Crippen molar-refractivity contribution in [3.63, 3.8) is 0 Å². The number of nitrogens with zero attached hydrogens (tertiary/aromatic N) is 1. The average Bonchev–Trinajstić information content (AvgIpc) is 2.89. The van der Waals surface area contributed by atoms with Gasteiger partial charge in [-0.05, 0) is 62.6 Å². The third-order valence-corrected chi connectivity index (χ3v) is 6.10. The molecule has 2 N–H and O–H groups in total. The van der Waals surface area contributed by atoms with Crippen molar-refractivity contribution in [2.45, 2.75) is 45.3 Å². The SMILES string of the molecule is CCc1cc2c3c(c1)[C@]1(NC(=O)c4ccccc4N1)C(=O)N3C(C)(C)C=C2C. The molecular weight excluding hydrogens is 350 g/mol. The fraction of sp³-hybridized carbons (Fsp3) is 0.304. The minimum absolute atomic E-state index is 0.145. The van der Waals surface area contributed by atoms with Crippen LogP contribution in [0.15, 0.2) is 42.5 Å². The maximum absolute atomic E-state index is 13.9. The minimum atomic E-state index is -1.28. The zero-order valence-corrected chi connectivity index (χ0v) is 16.5. The molecule has 3 aliphatic heterocycles. The number of anilines is 2. The number of hydrogen-bond donors (Lipinski definition) is 2. The molecule has 0 aromatic heterocycles. The largest absolute Gasteiger partial charge is 0.350 e. The van der Waals surface area contributed by atoms with Gasteiger partial charge in [0.15, 0.2) is 0 Å². The summed E-state index contributed by atoms with van der Waals surface area (Å²) in [4.78, 5) is 28.6. The van der Waals surface area contributed by atoms with E-state index in [0.29, 0.717) is 11.3 Å². The van der Waals surface area contributed by atoms with Gasteiger partial charge in [-0.3, -0.25) is 14.5 Å². The first-order valence-electron chi connectivity index (χ1n) is 9.70. The molecule has 0 bridgehead atoms. The van der Waals surface area contributed by atoms with Gasteiger partial charge >= 0.3 is 0 Å². The molecule has 1 atom stereocenters. The van der Waals surface area contributed by atoms with Crippen LogP contribution in [-0.4, -0.2) is 17.4 Å². The monoisotopic (exact) mass is 373 g/mol. The lowest BCUT2D eigenvalue weighted by atomic mass is 9.86. The maximum Gasteiger partial charge on any atom is 0.279 e. The molecule has 0 unspecified atom stereocenters. The lowest BCUT2D eigenvalue weighted by Gasteiger charge is -2.40. The van der Waals surface area contributed by atoms with Crippen molar-refractivity contribution in [3.05, 3.63) is 64.7 Å². The quantitative estimate of drug-likeness (QED) is 0.799. The highest BCUT2D eigenvalue weighted by Crippen LogP contribution is 2.52. The van der Waals surface area contributed by atoms with Crippen LogP contribution in [0.25, 0.3) is 5.57 Å². The van der Waals surface area contributed by atoms with Crippen molar-refractivity contribution in [1.82, 2.24) is 5.32 Å². The summed E-state index contributed by atoms with van der Waals surface area (Å²) < 4.78 is 0. The molecule has 28 heavy (non-hydrogen) atoms. The fourth-order valence-electron chi connectivity index (χ4n) is 4.83. The predicted octanol–water partition coefficient (Wildman–Crippen LogP) is 3.80. The van der Waals surface area contributed by atoms with Crippen molar-refractivity contribution in [3.8, 4) is 0 Å². The molecule has 3 heterocycles. The molecule has 0 saturated carbocycles. The standard InChI is InChI=1S/C23H23N3O2/c1-5-14-10-16-13(2)12-22(3,4)26-19(16)17(11-14)23(21(26)28)24-18-9-7-6-8-15(18)20(27)25-23/h6-12,24H,5H2,1-4H3,(H,25,27)/t23-/m0/s1. The summed E-state index contributed by atoms with van der Waals surface area (Å²) in [6, 6.07) is 11.5. The van der Waals surface area contributed by atoms with E-state index in [4.69, 9.17) is 0 Å². The van der Waals surface area contributed by atoms with Crippen LogP contribution in [0.4, 0.5) is 11.4 Å². The lowest BCUT2D eigenvalue weighted by Crippen LogP contribution is -2.62. The van der Waals surface area contributed by atoms with E-state index in [1.54, 1.807) is 6.07 Å². The summed E-state index contributed by atoms with van der Waals surface area (Å²) in [5, 5.41) is 6.40. The van der Waals surface area contributed by atoms with E-state index in [0.717, 1.165) is 34.4 Å². The topological polar surface area (TPSA) is 61.4 Å². The Hall–Kier alpha value is -3.08. The van der Waals surface area contributed by atoms with Crippen molar-refractivity contribution >= 4 is 28.8 Å². The Morgan fingerprint density at radius 1 is 1.04 bits per heavy atom. The van der Waals surface area contributed by atoms with Gasteiger partial charge in [0.25, 0.3) is 11.8 Å². The van der Waals surface area contributed by atoms with Gasteiger partial charge in [-0.15, -0.1) is 0 Å². The number of rotatable bonds is 1. The van der Waals surface area contributed by atoms with Crippen LogP contribution in [0.3, 0.4) is 0 Å². The Labute approximate surface area is 164 Å². The fourth-order valence-corrected chi connectivity index (χ4v) is 4.83. The summed E-state index contributed by atoms with van der Waals surface area (Å²) >= 11 is 0.